The van der Waals surface area contributed by atoms with Gasteiger partial charge in [0.05, 0.1) is 18.7 Å². The van der Waals surface area contributed by atoms with Crippen molar-refractivity contribution in [3.8, 4) is 5.75 Å². The van der Waals surface area contributed by atoms with E-state index in [0.29, 0.717) is 39.9 Å². The van der Waals surface area contributed by atoms with Crippen LogP contribution in [0.3, 0.4) is 0 Å². The number of hydrogen-bond donors (Lipinski definition) is 2. The number of nitrogens with zero attached hydrogens (tertiary/aromatic N) is 1. The zero-order valence-electron chi connectivity index (χ0n) is 20.6. The minimum Gasteiger partial charge on any atom is -0.487 e. The molecule has 0 aliphatic heterocycles. The minimum absolute atomic E-state index is 0.0956. The van der Waals surface area contributed by atoms with Crippen LogP contribution in [-0.2, 0) is 32.1 Å². The summed E-state index contributed by atoms with van der Waals surface area (Å²) in [6.45, 7) is 5.38. The highest BCUT2D eigenvalue weighted by molar-refractivity contribution is 6.35. The number of amides is 1. The number of hydrogen-bond acceptors (Lipinski definition) is 6. The summed E-state index contributed by atoms with van der Waals surface area (Å²) in [6, 6.07) is 7.61. The Morgan fingerprint density at radius 1 is 1.17 bits per heavy atom. The second kappa shape index (κ2) is 11.0. The van der Waals surface area contributed by atoms with Gasteiger partial charge in [0.15, 0.2) is 0 Å². The third-order valence-corrected chi connectivity index (χ3v) is 8.18. The Morgan fingerprint density at radius 3 is 2.36 bits per heavy atom. The van der Waals surface area contributed by atoms with E-state index in [4.69, 9.17) is 32.7 Å². The molecular formula is C26H30Cl2N2O6. The van der Waals surface area contributed by atoms with Gasteiger partial charge in [-0.05, 0) is 49.4 Å². The van der Waals surface area contributed by atoms with Crippen LogP contribution >= 0.6 is 23.2 Å². The number of aliphatic carboxylic acids is 1. The highest BCUT2D eigenvalue weighted by Crippen LogP contribution is 2.56. The molecule has 0 radical (unpaired) electrons. The number of carbonyl (C=O) groups excluding carboxylic acids is 2. The van der Waals surface area contributed by atoms with Gasteiger partial charge < -0.3 is 19.9 Å². The third kappa shape index (κ3) is 5.60. The Labute approximate surface area is 220 Å². The van der Waals surface area contributed by atoms with Crippen LogP contribution < -0.4 is 10.1 Å². The molecule has 1 fully saturated rings. The van der Waals surface area contributed by atoms with E-state index >= 15 is 0 Å². The Bertz CT molecular complexity index is 1120. The van der Waals surface area contributed by atoms with Crippen LogP contribution in [0.4, 0.5) is 0 Å². The normalized spacial score (nSPS) is 21.4. The molecule has 8 nitrogen and oxygen atoms in total. The lowest BCUT2D eigenvalue weighted by molar-refractivity contribution is -0.156. The molecule has 10 heteroatoms. The molecule has 1 heterocycles. The van der Waals surface area contributed by atoms with Crippen LogP contribution in [0.2, 0.25) is 10.0 Å². The minimum atomic E-state index is -1.04. The molecule has 2 N–H and O–H groups in total. The van der Waals surface area contributed by atoms with Crippen molar-refractivity contribution in [2.45, 2.75) is 52.7 Å². The van der Waals surface area contributed by atoms with Gasteiger partial charge in [0.25, 0.3) is 0 Å². The number of nitrogens with one attached hydrogen (secondary N) is 1. The van der Waals surface area contributed by atoms with Gasteiger partial charge in [0.1, 0.15) is 18.4 Å². The summed E-state index contributed by atoms with van der Waals surface area (Å²) in [4.78, 5) is 41.8. The molecule has 2 aromatic rings. The maximum Gasteiger partial charge on any atom is 0.328 e. The fourth-order valence-electron chi connectivity index (χ4n) is 4.60. The van der Waals surface area contributed by atoms with E-state index in [2.05, 4.69) is 10.3 Å². The molecule has 1 aliphatic rings. The molecule has 2 unspecified atom stereocenters. The number of methoxy groups -OCH3 is 1. The fourth-order valence-corrected chi connectivity index (χ4v) is 5.11. The Kier molecular flexibility index (Phi) is 8.52. The van der Waals surface area contributed by atoms with Crippen molar-refractivity contribution >= 4 is 41.0 Å². The molecule has 3 rings (SSSR count). The van der Waals surface area contributed by atoms with E-state index in [1.54, 1.807) is 51.1 Å². The number of aromatic nitrogens is 1. The van der Waals surface area contributed by atoms with Crippen molar-refractivity contribution in [2.24, 2.45) is 16.7 Å². The van der Waals surface area contributed by atoms with E-state index < -0.39 is 34.7 Å². The van der Waals surface area contributed by atoms with Crippen molar-refractivity contribution in [1.82, 2.24) is 10.3 Å². The number of carbonyl (C=O) groups is 3. The monoisotopic (exact) mass is 536 g/mol. The summed E-state index contributed by atoms with van der Waals surface area (Å²) < 4.78 is 10.6. The lowest BCUT2D eigenvalue weighted by Crippen LogP contribution is -2.50. The van der Waals surface area contributed by atoms with E-state index in [0.717, 1.165) is 0 Å². The largest absolute Gasteiger partial charge is 0.487 e. The number of benzene rings is 1. The number of halogens is 2. The number of pyridine rings is 1. The van der Waals surface area contributed by atoms with Gasteiger partial charge in [-0.15, -0.1) is 0 Å². The number of carboxylic acid groups (broad SMARTS) is 1. The number of esters is 1. The van der Waals surface area contributed by atoms with Gasteiger partial charge in [0.2, 0.25) is 5.91 Å². The van der Waals surface area contributed by atoms with Gasteiger partial charge in [-0.3, -0.25) is 14.6 Å². The molecule has 1 saturated carbocycles. The van der Waals surface area contributed by atoms with E-state index in [1.807, 2.05) is 0 Å². The lowest BCUT2D eigenvalue weighted by Gasteiger charge is -2.38. The molecule has 194 valence electrons. The van der Waals surface area contributed by atoms with Crippen LogP contribution in [0.1, 0.15) is 44.9 Å². The summed E-state index contributed by atoms with van der Waals surface area (Å²) in [5, 5.41) is 13.5. The lowest BCUT2D eigenvalue weighted by atomic mass is 9.65. The first-order valence-corrected chi connectivity index (χ1v) is 12.3. The molecule has 1 aromatic heterocycles. The fraction of sp³-hybridized carbons (Fsp3) is 0.462. The Hall–Kier alpha value is -2.84. The van der Waals surface area contributed by atoms with Gasteiger partial charge in [-0.2, -0.15) is 0 Å². The van der Waals surface area contributed by atoms with Crippen LogP contribution in [0.15, 0.2) is 36.5 Å². The third-order valence-electron chi connectivity index (χ3n) is 7.47. The topological polar surface area (TPSA) is 115 Å². The van der Waals surface area contributed by atoms with Gasteiger partial charge in [-0.25, -0.2) is 4.79 Å². The van der Waals surface area contributed by atoms with Crippen LogP contribution in [0, 0.1) is 16.7 Å². The molecule has 0 saturated heterocycles. The van der Waals surface area contributed by atoms with Gasteiger partial charge in [0, 0.05) is 33.6 Å². The molecular weight excluding hydrogens is 507 g/mol. The first-order valence-electron chi connectivity index (χ1n) is 11.5. The maximum atomic E-state index is 13.1. The molecule has 0 spiro atoms. The molecule has 1 amide bonds. The molecule has 1 aliphatic carbocycles. The Balaban J connectivity index is 1.67. The SMILES string of the molecule is COC(=O)C(Cc1ccc(OCc2c(Cl)cccc2Cl)cn1)NC(=O)C1CC[C@@](C)(C(=O)O)C1(C)C. The number of carboxylic acids is 1. The van der Waals surface area contributed by atoms with Crippen LogP contribution in [-0.4, -0.2) is 41.1 Å². The van der Waals surface area contributed by atoms with Crippen molar-refractivity contribution in [3.05, 3.63) is 57.8 Å². The zero-order valence-corrected chi connectivity index (χ0v) is 22.2. The van der Waals surface area contributed by atoms with E-state index in [9.17, 15) is 19.5 Å². The van der Waals surface area contributed by atoms with Crippen molar-refractivity contribution in [2.75, 3.05) is 7.11 Å². The average molecular weight is 537 g/mol. The van der Waals surface area contributed by atoms with Gasteiger partial charge >= 0.3 is 11.9 Å². The molecule has 1 aromatic carbocycles. The summed E-state index contributed by atoms with van der Waals surface area (Å²) in [6.07, 6.45) is 2.39. The molecule has 3 atom stereocenters. The highest BCUT2D eigenvalue weighted by Gasteiger charge is 2.58. The molecule has 36 heavy (non-hydrogen) atoms. The average Bonchev–Trinajstić information content (AvgIpc) is 3.08. The first kappa shape index (κ1) is 27.7. The first-order chi connectivity index (χ1) is 16.9. The summed E-state index contributed by atoms with van der Waals surface area (Å²) in [5.74, 6) is -2.01. The predicted molar refractivity (Wildman–Crippen MR) is 135 cm³/mol. The van der Waals surface area contributed by atoms with Crippen LogP contribution in [0.25, 0.3) is 0 Å². The quantitative estimate of drug-likeness (QED) is 0.446. The number of rotatable bonds is 9. The van der Waals surface area contributed by atoms with Crippen molar-refractivity contribution in [1.29, 1.82) is 0 Å². The van der Waals surface area contributed by atoms with Crippen LogP contribution in [0.5, 0.6) is 5.75 Å². The summed E-state index contributed by atoms with van der Waals surface area (Å²) in [7, 11) is 1.24. The predicted octanol–water partition coefficient (Wildman–Crippen LogP) is 4.69. The summed E-state index contributed by atoms with van der Waals surface area (Å²) in [5.41, 5.74) is -0.644. The Morgan fingerprint density at radius 2 is 1.83 bits per heavy atom. The maximum absolute atomic E-state index is 13.1. The highest BCUT2D eigenvalue weighted by atomic mass is 35.5. The van der Waals surface area contributed by atoms with E-state index in [1.165, 1.54) is 13.3 Å². The van der Waals surface area contributed by atoms with Gasteiger partial charge in [-0.1, -0.05) is 43.1 Å². The molecule has 0 bridgehead atoms. The number of ether oxygens (including phenoxy) is 2. The van der Waals surface area contributed by atoms with Crippen molar-refractivity contribution < 1.29 is 29.0 Å². The van der Waals surface area contributed by atoms with Crippen molar-refractivity contribution in [3.63, 3.8) is 0 Å². The standard InChI is InChI=1S/C26H30Cl2N2O6/c1-25(2)18(10-11-26(25,3)24(33)34)22(31)30-21(23(32)35-4)12-15-8-9-16(13-29-15)36-14-17-19(27)6-5-7-20(17)28/h5-9,13,18,21H,10-12,14H2,1-4H3,(H,30,31)(H,33,34)/t18?,21?,26-/m0/s1. The zero-order chi connectivity index (χ0) is 26.7. The van der Waals surface area contributed by atoms with E-state index in [-0.39, 0.29) is 18.9 Å². The second-order valence-corrected chi connectivity index (χ2v) is 10.5. The smallest absolute Gasteiger partial charge is 0.328 e. The second-order valence-electron chi connectivity index (χ2n) is 9.71. The summed E-state index contributed by atoms with van der Waals surface area (Å²) >= 11 is 12.3.